The molecule has 2 N–H and O–H groups in total. The number of guanidine groups is 1. The third kappa shape index (κ3) is 4.28. The summed E-state index contributed by atoms with van der Waals surface area (Å²) in [6.45, 7) is 5.54. The molecule has 0 aliphatic carbocycles. The Balaban J connectivity index is 1.57. The van der Waals surface area contributed by atoms with Gasteiger partial charge in [-0.1, -0.05) is 18.2 Å². The zero-order valence-electron chi connectivity index (χ0n) is 13.5. The van der Waals surface area contributed by atoms with Crippen molar-refractivity contribution in [2.75, 3.05) is 24.5 Å². The molecule has 1 unspecified atom stereocenters. The largest absolute Gasteiger partial charge is 0.467 e. The van der Waals surface area contributed by atoms with Gasteiger partial charge in [0, 0.05) is 31.4 Å². The van der Waals surface area contributed by atoms with E-state index in [1.807, 2.05) is 12.1 Å². The Morgan fingerprint density at radius 2 is 2.13 bits per heavy atom. The van der Waals surface area contributed by atoms with Crippen LogP contribution in [0, 0.1) is 0 Å². The second kappa shape index (κ2) is 7.72. The van der Waals surface area contributed by atoms with Crippen molar-refractivity contribution in [1.82, 2.24) is 10.6 Å². The molecule has 0 saturated carbocycles. The molecule has 0 spiro atoms. The fourth-order valence-corrected chi connectivity index (χ4v) is 2.82. The van der Waals surface area contributed by atoms with Crippen LogP contribution in [-0.2, 0) is 6.54 Å². The minimum atomic E-state index is 0.407. The van der Waals surface area contributed by atoms with Crippen LogP contribution in [0.5, 0.6) is 0 Å². The highest BCUT2D eigenvalue weighted by atomic mass is 16.3. The number of rotatable bonds is 5. The Morgan fingerprint density at radius 1 is 1.26 bits per heavy atom. The number of anilines is 1. The third-order valence-electron chi connectivity index (χ3n) is 3.97. The first-order chi connectivity index (χ1) is 11.3. The number of para-hydroxylation sites is 1. The minimum Gasteiger partial charge on any atom is -0.467 e. The van der Waals surface area contributed by atoms with Crippen LogP contribution in [0.25, 0.3) is 0 Å². The first-order valence-electron chi connectivity index (χ1n) is 8.22. The van der Waals surface area contributed by atoms with Crippen LogP contribution in [0.15, 0.2) is 58.1 Å². The number of aliphatic imine (C=N–C) groups is 1. The molecule has 2 heterocycles. The van der Waals surface area contributed by atoms with Crippen molar-refractivity contribution in [1.29, 1.82) is 0 Å². The second-order valence-electron chi connectivity index (χ2n) is 5.69. The van der Waals surface area contributed by atoms with Crippen LogP contribution < -0.4 is 15.5 Å². The highest BCUT2D eigenvalue weighted by molar-refractivity contribution is 5.80. The van der Waals surface area contributed by atoms with Crippen LogP contribution in [0.4, 0.5) is 5.69 Å². The van der Waals surface area contributed by atoms with Crippen LogP contribution >= 0.6 is 0 Å². The SMILES string of the molecule is CCNC(=NCc1ccco1)NC1CCN(c2ccccc2)C1. The topological polar surface area (TPSA) is 52.8 Å². The molecule has 2 aromatic rings. The number of furan rings is 1. The van der Waals surface area contributed by atoms with Crippen molar-refractivity contribution >= 4 is 11.6 Å². The molecular formula is C18H24N4O. The summed E-state index contributed by atoms with van der Waals surface area (Å²) in [5, 5.41) is 6.84. The fourth-order valence-electron chi connectivity index (χ4n) is 2.82. The molecule has 122 valence electrons. The maximum atomic E-state index is 5.34. The van der Waals surface area contributed by atoms with Gasteiger partial charge in [0.1, 0.15) is 12.3 Å². The average Bonchev–Trinajstić information content (AvgIpc) is 3.25. The van der Waals surface area contributed by atoms with E-state index in [0.29, 0.717) is 12.6 Å². The zero-order chi connectivity index (χ0) is 15.9. The number of hydrogen-bond donors (Lipinski definition) is 2. The number of benzene rings is 1. The molecule has 1 aromatic heterocycles. The average molecular weight is 312 g/mol. The Hall–Kier alpha value is -2.43. The number of nitrogens with zero attached hydrogens (tertiary/aromatic N) is 2. The lowest BCUT2D eigenvalue weighted by Crippen LogP contribution is -2.44. The van der Waals surface area contributed by atoms with E-state index in [1.54, 1.807) is 6.26 Å². The van der Waals surface area contributed by atoms with Crippen LogP contribution in [0.2, 0.25) is 0 Å². The van der Waals surface area contributed by atoms with Crippen molar-refractivity contribution in [3.63, 3.8) is 0 Å². The summed E-state index contributed by atoms with van der Waals surface area (Å²) in [6, 6.07) is 14.8. The van der Waals surface area contributed by atoms with E-state index in [-0.39, 0.29) is 0 Å². The quantitative estimate of drug-likeness (QED) is 0.658. The van der Waals surface area contributed by atoms with E-state index in [9.17, 15) is 0 Å². The summed E-state index contributed by atoms with van der Waals surface area (Å²) in [5.74, 6) is 1.73. The number of hydrogen-bond acceptors (Lipinski definition) is 3. The third-order valence-corrected chi connectivity index (χ3v) is 3.97. The highest BCUT2D eigenvalue weighted by Gasteiger charge is 2.23. The predicted molar refractivity (Wildman–Crippen MR) is 93.7 cm³/mol. The molecule has 0 bridgehead atoms. The second-order valence-corrected chi connectivity index (χ2v) is 5.69. The van der Waals surface area contributed by atoms with Gasteiger partial charge in [-0.05, 0) is 37.6 Å². The Kier molecular flexibility index (Phi) is 5.19. The van der Waals surface area contributed by atoms with Crippen molar-refractivity contribution in [2.24, 2.45) is 4.99 Å². The van der Waals surface area contributed by atoms with E-state index in [0.717, 1.165) is 37.8 Å². The van der Waals surface area contributed by atoms with Crippen LogP contribution in [0.1, 0.15) is 19.1 Å². The highest BCUT2D eigenvalue weighted by Crippen LogP contribution is 2.19. The Labute approximate surface area is 137 Å². The lowest BCUT2D eigenvalue weighted by atomic mass is 10.3. The molecule has 1 saturated heterocycles. The molecule has 0 amide bonds. The van der Waals surface area contributed by atoms with Crippen molar-refractivity contribution in [2.45, 2.75) is 25.9 Å². The maximum Gasteiger partial charge on any atom is 0.191 e. The van der Waals surface area contributed by atoms with Gasteiger partial charge in [-0.25, -0.2) is 4.99 Å². The molecule has 5 heteroatoms. The fraction of sp³-hybridized carbons (Fsp3) is 0.389. The lowest BCUT2D eigenvalue weighted by molar-refractivity contribution is 0.511. The van der Waals surface area contributed by atoms with Gasteiger partial charge < -0.3 is 20.0 Å². The summed E-state index contributed by atoms with van der Waals surface area (Å²) in [5.41, 5.74) is 1.29. The Morgan fingerprint density at radius 3 is 2.87 bits per heavy atom. The van der Waals surface area contributed by atoms with Gasteiger partial charge in [0.05, 0.1) is 6.26 Å². The Bertz CT molecular complexity index is 609. The van der Waals surface area contributed by atoms with Gasteiger partial charge in [0.2, 0.25) is 0 Å². The van der Waals surface area contributed by atoms with E-state index in [2.05, 4.69) is 57.8 Å². The van der Waals surface area contributed by atoms with Gasteiger partial charge in [0.15, 0.2) is 5.96 Å². The van der Waals surface area contributed by atoms with Gasteiger partial charge >= 0.3 is 0 Å². The van der Waals surface area contributed by atoms with Crippen LogP contribution in [0.3, 0.4) is 0 Å². The predicted octanol–water partition coefficient (Wildman–Crippen LogP) is 2.61. The van der Waals surface area contributed by atoms with Crippen molar-refractivity contribution in [3.05, 3.63) is 54.5 Å². The first kappa shape index (κ1) is 15.5. The van der Waals surface area contributed by atoms with Crippen molar-refractivity contribution < 1.29 is 4.42 Å². The smallest absolute Gasteiger partial charge is 0.191 e. The van der Waals surface area contributed by atoms with E-state index < -0.39 is 0 Å². The molecule has 1 aliphatic rings. The van der Waals surface area contributed by atoms with Gasteiger partial charge in [-0.15, -0.1) is 0 Å². The lowest BCUT2D eigenvalue weighted by Gasteiger charge is -2.20. The molecule has 0 radical (unpaired) electrons. The molecular weight excluding hydrogens is 288 g/mol. The van der Waals surface area contributed by atoms with E-state index in [1.165, 1.54) is 5.69 Å². The molecule has 23 heavy (non-hydrogen) atoms. The molecule has 1 aromatic carbocycles. The van der Waals surface area contributed by atoms with Crippen molar-refractivity contribution in [3.8, 4) is 0 Å². The molecule has 1 aliphatic heterocycles. The van der Waals surface area contributed by atoms with E-state index in [4.69, 9.17) is 4.42 Å². The minimum absolute atomic E-state index is 0.407. The van der Waals surface area contributed by atoms with Gasteiger partial charge in [-0.2, -0.15) is 0 Å². The van der Waals surface area contributed by atoms with Gasteiger partial charge in [0.25, 0.3) is 0 Å². The summed E-state index contributed by atoms with van der Waals surface area (Å²) in [4.78, 5) is 7.01. The maximum absolute atomic E-state index is 5.34. The summed E-state index contributed by atoms with van der Waals surface area (Å²) in [6.07, 6.45) is 2.79. The standard InChI is InChI=1S/C18H24N4O/c1-2-19-18(20-13-17-9-6-12-23-17)21-15-10-11-22(14-15)16-7-4-3-5-8-16/h3-9,12,15H,2,10-11,13-14H2,1H3,(H2,19,20,21). The molecule has 5 nitrogen and oxygen atoms in total. The molecule has 1 fully saturated rings. The normalized spacial score (nSPS) is 18.2. The summed E-state index contributed by atoms with van der Waals surface area (Å²) in [7, 11) is 0. The monoisotopic (exact) mass is 312 g/mol. The summed E-state index contributed by atoms with van der Waals surface area (Å²) < 4.78 is 5.34. The van der Waals surface area contributed by atoms with Crippen LogP contribution in [-0.4, -0.2) is 31.6 Å². The number of nitrogens with one attached hydrogen (secondary N) is 2. The molecule has 3 rings (SSSR count). The van der Waals surface area contributed by atoms with Gasteiger partial charge in [-0.3, -0.25) is 0 Å². The summed E-state index contributed by atoms with van der Waals surface area (Å²) >= 11 is 0. The van der Waals surface area contributed by atoms with E-state index >= 15 is 0 Å². The zero-order valence-corrected chi connectivity index (χ0v) is 13.5. The molecule has 1 atom stereocenters. The first-order valence-corrected chi connectivity index (χ1v) is 8.22.